The molecule has 2 aromatic heterocycles. The van der Waals surface area contributed by atoms with Crippen molar-refractivity contribution in [3.8, 4) is 11.3 Å². The third kappa shape index (κ3) is 3.92. The summed E-state index contributed by atoms with van der Waals surface area (Å²) in [5.74, 6) is 1.37. The Bertz CT molecular complexity index is 1070. The van der Waals surface area contributed by atoms with Gasteiger partial charge in [0.2, 0.25) is 5.91 Å². The molecule has 5 rings (SSSR count). The number of rotatable bonds is 4. The first-order valence-electron chi connectivity index (χ1n) is 11.2. The van der Waals surface area contributed by atoms with Gasteiger partial charge in [-0.05, 0) is 31.0 Å². The summed E-state index contributed by atoms with van der Waals surface area (Å²) in [6.45, 7) is 3.39. The topological polar surface area (TPSA) is 74.2 Å². The molecule has 0 bridgehead atoms. The number of piperazine rings is 1. The second-order valence-corrected chi connectivity index (χ2v) is 8.37. The molecule has 0 atom stereocenters. The van der Waals surface area contributed by atoms with Crippen molar-refractivity contribution in [1.82, 2.24) is 19.9 Å². The van der Waals surface area contributed by atoms with Crippen LogP contribution in [0.3, 0.4) is 0 Å². The molecule has 7 heteroatoms. The van der Waals surface area contributed by atoms with Gasteiger partial charge in [-0.2, -0.15) is 0 Å². The number of benzene rings is 1. The summed E-state index contributed by atoms with van der Waals surface area (Å²) in [5, 5.41) is 3.12. The SMILES string of the molecule is CNc1nc(-c2ccc(N3CCN(C(=O)C4CCCC4)CC3)cc2)cc2nccnc12. The van der Waals surface area contributed by atoms with Crippen LogP contribution >= 0.6 is 0 Å². The summed E-state index contributed by atoms with van der Waals surface area (Å²) in [4.78, 5) is 30.7. The molecule has 3 aromatic rings. The van der Waals surface area contributed by atoms with E-state index >= 15 is 0 Å². The Hall–Kier alpha value is -3.22. The van der Waals surface area contributed by atoms with Crippen molar-refractivity contribution < 1.29 is 4.79 Å². The van der Waals surface area contributed by atoms with Crippen LogP contribution in [0, 0.1) is 5.92 Å². The number of pyridine rings is 1. The number of carbonyl (C=O) groups excluding carboxylic acids is 1. The molecule has 160 valence electrons. The highest BCUT2D eigenvalue weighted by Crippen LogP contribution is 2.29. The van der Waals surface area contributed by atoms with Crippen LogP contribution in [-0.2, 0) is 4.79 Å². The molecule has 1 N–H and O–H groups in total. The average Bonchev–Trinajstić information content (AvgIpc) is 3.38. The van der Waals surface area contributed by atoms with Crippen LogP contribution in [0.1, 0.15) is 25.7 Å². The quantitative estimate of drug-likeness (QED) is 0.701. The minimum absolute atomic E-state index is 0.271. The van der Waals surface area contributed by atoms with Crippen LogP contribution in [0.5, 0.6) is 0 Å². The van der Waals surface area contributed by atoms with Gasteiger partial charge in [-0.25, -0.2) is 9.97 Å². The first-order chi connectivity index (χ1) is 15.2. The standard InChI is InChI=1S/C24H28N6O/c1-25-23-22-21(26-10-11-27-22)16-20(28-23)17-6-8-19(9-7-17)29-12-14-30(15-13-29)24(31)18-4-2-3-5-18/h6-11,16,18H,2-5,12-15H2,1H3,(H,25,28). The maximum absolute atomic E-state index is 12.7. The Balaban J connectivity index is 1.29. The van der Waals surface area contributed by atoms with Gasteiger partial charge in [0, 0.05) is 62.8 Å². The summed E-state index contributed by atoms with van der Waals surface area (Å²) in [6.07, 6.45) is 7.94. The van der Waals surface area contributed by atoms with Crippen LogP contribution in [-0.4, -0.2) is 59.0 Å². The number of aromatic nitrogens is 3. The zero-order chi connectivity index (χ0) is 21.2. The zero-order valence-electron chi connectivity index (χ0n) is 17.9. The fraction of sp³-hybridized carbons (Fsp3) is 0.417. The minimum Gasteiger partial charge on any atom is -0.371 e. The van der Waals surface area contributed by atoms with Crippen molar-refractivity contribution in [2.24, 2.45) is 5.92 Å². The summed E-state index contributed by atoms with van der Waals surface area (Å²) >= 11 is 0. The summed E-state index contributed by atoms with van der Waals surface area (Å²) < 4.78 is 0. The van der Waals surface area contributed by atoms with E-state index in [9.17, 15) is 4.79 Å². The highest BCUT2D eigenvalue weighted by atomic mass is 16.2. The molecule has 1 saturated heterocycles. The number of hydrogen-bond donors (Lipinski definition) is 1. The first kappa shape index (κ1) is 19.7. The summed E-state index contributed by atoms with van der Waals surface area (Å²) in [7, 11) is 1.85. The van der Waals surface area contributed by atoms with E-state index in [0.717, 1.165) is 67.1 Å². The summed E-state index contributed by atoms with van der Waals surface area (Å²) in [6, 6.07) is 10.5. The number of amides is 1. The van der Waals surface area contributed by atoms with Gasteiger partial charge >= 0.3 is 0 Å². The van der Waals surface area contributed by atoms with Crippen molar-refractivity contribution >= 4 is 28.4 Å². The van der Waals surface area contributed by atoms with E-state index in [1.54, 1.807) is 12.4 Å². The van der Waals surface area contributed by atoms with Gasteiger partial charge in [-0.3, -0.25) is 9.78 Å². The highest BCUT2D eigenvalue weighted by molar-refractivity contribution is 5.88. The largest absolute Gasteiger partial charge is 0.371 e. The van der Waals surface area contributed by atoms with Gasteiger partial charge < -0.3 is 15.1 Å². The molecular formula is C24H28N6O. The lowest BCUT2D eigenvalue weighted by atomic mass is 10.1. The normalized spacial score (nSPS) is 17.3. The molecule has 0 unspecified atom stereocenters. The maximum atomic E-state index is 12.7. The third-order valence-electron chi connectivity index (χ3n) is 6.52. The van der Waals surface area contributed by atoms with E-state index in [-0.39, 0.29) is 5.92 Å². The van der Waals surface area contributed by atoms with Crippen LogP contribution in [0.25, 0.3) is 22.3 Å². The van der Waals surface area contributed by atoms with E-state index in [2.05, 4.69) is 49.4 Å². The van der Waals surface area contributed by atoms with Crippen molar-refractivity contribution in [3.63, 3.8) is 0 Å². The average molecular weight is 417 g/mol. The van der Waals surface area contributed by atoms with Gasteiger partial charge in [0.25, 0.3) is 0 Å². The molecule has 2 fully saturated rings. The smallest absolute Gasteiger partial charge is 0.225 e. The predicted molar refractivity (Wildman–Crippen MR) is 123 cm³/mol. The van der Waals surface area contributed by atoms with E-state index in [4.69, 9.17) is 4.98 Å². The second-order valence-electron chi connectivity index (χ2n) is 8.37. The molecule has 3 heterocycles. The Morgan fingerprint density at radius 2 is 1.71 bits per heavy atom. The Labute approximate surface area is 182 Å². The fourth-order valence-electron chi connectivity index (χ4n) is 4.75. The third-order valence-corrected chi connectivity index (χ3v) is 6.52. The van der Waals surface area contributed by atoms with Crippen molar-refractivity contribution in [2.75, 3.05) is 43.4 Å². The van der Waals surface area contributed by atoms with Crippen LogP contribution < -0.4 is 10.2 Å². The summed E-state index contributed by atoms with van der Waals surface area (Å²) in [5.41, 5.74) is 4.70. The maximum Gasteiger partial charge on any atom is 0.225 e. The zero-order valence-corrected chi connectivity index (χ0v) is 17.9. The van der Waals surface area contributed by atoms with E-state index in [1.165, 1.54) is 18.5 Å². The Morgan fingerprint density at radius 3 is 2.42 bits per heavy atom. The molecule has 1 aliphatic heterocycles. The van der Waals surface area contributed by atoms with Crippen LogP contribution in [0.2, 0.25) is 0 Å². The minimum atomic E-state index is 0.271. The van der Waals surface area contributed by atoms with Crippen LogP contribution in [0.4, 0.5) is 11.5 Å². The van der Waals surface area contributed by atoms with Gasteiger partial charge in [0.05, 0.1) is 11.2 Å². The fourth-order valence-corrected chi connectivity index (χ4v) is 4.75. The van der Waals surface area contributed by atoms with E-state index in [1.807, 2.05) is 13.1 Å². The second kappa shape index (κ2) is 8.49. The number of nitrogens with zero attached hydrogens (tertiary/aromatic N) is 5. The van der Waals surface area contributed by atoms with Crippen LogP contribution in [0.15, 0.2) is 42.7 Å². The first-order valence-corrected chi connectivity index (χ1v) is 11.2. The number of fused-ring (bicyclic) bond motifs is 1. The Kier molecular flexibility index (Phi) is 5.40. The van der Waals surface area contributed by atoms with E-state index in [0.29, 0.717) is 5.91 Å². The number of anilines is 2. The van der Waals surface area contributed by atoms with Gasteiger partial charge in [-0.1, -0.05) is 25.0 Å². The molecule has 1 aliphatic carbocycles. The molecule has 1 saturated carbocycles. The molecule has 1 amide bonds. The lowest BCUT2D eigenvalue weighted by Crippen LogP contribution is -2.50. The molecular weight excluding hydrogens is 388 g/mol. The van der Waals surface area contributed by atoms with Crippen molar-refractivity contribution in [2.45, 2.75) is 25.7 Å². The van der Waals surface area contributed by atoms with Crippen molar-refractivity contribution in [1.29, 1.82) is 0 Å². The lowest BCUT2D eigenvalue weighted by molar-refractivity contribution is -0.135. The predicted octanol–water partition coefficient (Wildman–Crippen LogP) is 3.57. The van der Waals surface area contributed by atoms with Gasteiger partial charge in [0.1, 0.15) is 5.52 Å². The number of nitrogens with one attached hydrogen (secondary N) is 1. The molecule has 7 nitrogen and oxygen atoms in total. The molecule has 0 spiro atoms. The number of carbonyl (C=O) groups is 1. The van der Waals surface area contributed by atoms with Gasteiger partial charge in [0.15, 0.2) is 5.82 Å². The number of hydrogen-bond acceptors (Lipinski definition) is 6. The highest BCUT2D eigenvalue weighted by Gasteiger charge is 2.29. The van der Waals surface area contributed by atoms with Crippen molar-refractivity contribution in [3.05, 3.63) is 42.7 Å². The molecule has 1 aromatic carbocycles. The molecule has 2 aliphatic rings. The lowest BCUT2D eigenvalue weighted by Gasteiger charge is -2.37. The monoisotopic (exact) mass is 416 g/mol. The van der Waals surface area contributed by atoms with E-state index < -0.39 is 0 Å². The molecule has 0 radical (unpaired) electrons. The molecule has 31 heavy (non-hydrogen) atoms. The van der Waals surface area contributed by atoms with Gasteiger partial charge in [-0.15, -0.1) is 0 Å². The Morgan fingerprint density at radius 1 is 1.00 bits per heavy atom.